The summed E-state index contributed by atoms with van der Waals surface area (Å²) in [5.41, 5.74) is 1.72. The standard InChI is InChI=1S/C11H14ClN3O/c1-3-9(10(13-2)7-15-16)8-4-5-11(12)14-6-8/h4-7,9,16H,3H2,1-2H3. The third kappa shape index (κ3) is 3.03. The lowest BCUT2D eigenvalue weighted by atomic mass is 9.93. The third-order valence-corrected chi connectivity index (χ3v) is 2.59. The first kappa shape index (κ1) is 12.6. The molecular weight excluding hydrogens is 226 g/mol. The fourth-order valence-corrected chi connectivity index (χ4v) is 1.68. The zero-order chi connectivity index (χ0) is 12.0. The molecule has 5 heteroatoms. The van der Waals surface area contributed by atoms with Crippen molar-refractivity contribution in [3.05, 3.63) is 29.0 Å². The average molecular weight is 240 g/mol. The Labute approximate surface area is 99.7 Å². The van der Waals surface area contributed by atoms with Crippen molar-refractivity contribution in [1.29, 1.82) is 0 Å². The van der Waals surface area contributed by atoms with E-state index in [9.17, 15) is 0 Å². The normalized spacial score (nSPS) is 14.3. The number of hydrogen-bond donors (Lipinski definition) is 1. The minimum atomic E-state index is 0.0747. The van der Waals surface area contributed by atoms with Crippen LogP contribution in [0.1, 0.15) is 24.8 Å². The van der Waals surface area contributed by atoms with Crippen LogP contribution in [0.4, 0.5) is 0 Å². The van der Waals surface area contributed by atoms with Crippen LogP contribution in [0.2, 0.25) is 5.15 Å². The largest absolute Gasteiger partial charge is 0.411 e. The number of pyridine rings is 1. The third-order valence-electron chi connectivity index (χ3n) is 2.37. The average Bonchev–Trinajstić information content (AvgIpc) is 2.31. The molecule has 1 atom stereocenters. The number of nitrogens with zero attached hydrogens (tertiary/aromatic N) is 3. The molecule has 1 heterocycles. The topological polar surface area (TPSA) is 57.8 Å². The van der Waals surface area contributed by atoms with Crippen molar-refractivity contribution in [3.63, 3.8) is 0 Å². The molecule has 16 heavy (non-hydrogen) atoms. The molecule has 0 fully saturated rings. The number of aromatic nitrogens is 1. The molecule has 1 N–H and O–H groups in total. The molecule has 4 nitrogen and oxygen atoms in total. The van der Waals surface area contributed by atoms with Crippen molar-refractivity contribution in [3.8, 4) is 0 Å². The van der Waals surface area contributed by atoms with E-state index in [0.717, 1.165) is 12.0 Å². The summed E-state index contributed by atoms with van der Waals surface area (Å²) in [6.45, 7) is 2.04. The van der Waals surface area contributed by atoms with Crippen molar-refractivity contribution in [2.24, 2.45) is 10.1 Å². The molecule has 0 radical (unpaired) electrons. The van der Waals surface area contributed by atoms with Gasteiger partial charge in [-0.2, -0.15) is 0 Å². The van der Waals surface area contributed by atoms with E-state index >= 15 is 0 Å². The van der Waals surface area contributed by atoms with Gasteiger partial charge in [-0.1, -0.05) is 29.7 Å². The summed E-state index contributed by atoms with van der Waals surface area (Å²) < 4.78 is 0. The zero-order valence-electron chi connectivity index (χ0n) is 9.26. The summed E-state index contributed by atoms with van der Waals surface area (Å²) in [6, 6.07) is 3.64. The van der Waals surface area contributed by atoms with Crippen LogP contribution in [0.3, 0.4) is 0 Å². The molecule has 0 saturated heterocycles. The van der Waals surface area contributed by atoms with E-state index in [2.05, 4.69) is 15.1 Å². The van der Waals surface area contributed by atoms with Crippen molar-refractivity contribution < 1.29 is 5.21 Å². The first-order valence-corrected chi connectivity index (χ1v) is 5.36. The van der Waals surface area contributed by atoms with Crippen LogP contribution in [0, 0.1) is 0 Å². The van der Waals surface area contributed by atoms with Crippen molar-refractivity contribution >= 4 is 23.5 Å². The lowest BCUT2D eigenvalue weighted by Crippen LogP contribution is -2.13. The number of hydrogen-bond acceptors (Lipinski definition) is 4. The van der Waals surface area contributed by atoms with Crippen molar-refractivity contribution in [1.82, 2.24) is 4.98 Å². The Bertz CT molecular complexity index is 387. The van der Waals surface area contributed by atoms with Gasteiger partial charge in [-0.15, -0.1) is 0 Å². The first-order valence-electron chi connectivity index (χ1n) is 4.98. The Hall–Kier alpha value is -1.42. The predicted molar refractivity (Wildman–Crippen MR) is 65.9 cm³/mol. The van der Waals surface area contributed by atoms with E-state index < -0.39 is 0 Å². The Balaban J connectivity index is 3.02. The van der Waals surface area contributed by atoms with Gasteiger partial charge in [0.25, 0.3) is 0 Å². The van der Waals surface area contributed by atoms with Gasteiger partial charge in [0.05, 0.1) is 11.9 Å². The maximum Gasteiger partial charge on any atom is 0.129 e. The Morgan fingerprint density at radius 3 is 2.81 bits per heavy atom. The van der Waals surface area contributed by atoms with E-state index in [1.165, 1.54) is 6.21 Å². The van der Waals surface area contributed by atoms with Gasteiger partial charge in [-0.05, 0) is 18.1 Å². The highest BCUT2D eigenvalue weighted by atomic mass is 35.5. The molecule has 0 aliphatic heterocycles. The van der Waals surface area contributed by atoms with Crippen LogP contribution < -0.4 is 0 Å². The molecule has 0 spiro atoms. The Morgan fingerprint density at radius 2 is 2.38 bits per heavy atom. The second-order valence-corrected chi connectivity index (χ2v) is 3.66. The molecule has 1 aromatic rings. The summed E-state index contributed by atoms with van der Waals surface area (Å²) in [5.74, 6) is 0.0747. The quantitative estimate of drug-likeness (QED) is 0.380. The molecule has 1 aromatic heterocycles. The molecule has 0 amide bonds. The SMILES string of the molecule is CCC(C(C=NO)=NC)c1ccc(Cl)nc1. The Morgan fingerprint density at radius 1 is 1.62 bits per heavy atom. The predicted octanol–water partition coefficient (Wildman–Crippen LogP) is 2.76. The van der Waals surface area contributed by atoms with E-state index in [1.54, 1.807) is 19.3 Å². The fourth-order valence-electron chi connectivity index (χ4n) is 1.57. The van der Waals surface area contributed by atoms with Gasteiger partial charge in [0.1, 0.15) is 5.15 Å². The monoisotopic (exact) mass is 239 g/mol. The fraction of sp³-hybridized carbons (Fsp3) is 0.364. The number of rotatable bonds is 4. The maximum absolute atomic E-state index is 8.56. The number of halogens is 1. The van der Waals surface area contributed by atoms with Gasteiger partial charge in [0.15, 0.2) is 0 Å². The molecular formula is C11H14ClN3O. The molecule has 0 aliphatic rings. The van der Waals surface area contributed by atoms with Crippen molar-refractivity contribution in [2.45, 2.75) is 19.3 Å². The van der Waals surface area contributed by atoms with Crippen LogP contribution in [0.5, 0.6) is 0 Å². The van der Waals surface area contributed by atoms with Crippen LogP contribution in [0.25, 0.3) is 0 Å². The highest BCUT2D eigenvalue weighted by Gasteiger charge is 2.15. The molecule has 0 saturated carbocycles. The van der Waals surface area contributed by atoms with Crippen LogP contribution in [0.15, 0.2) is 28.5 Å². The van der Waals surface area contributed by atoms with E-state index in [0.29, 0.717) is 10.9 Å². The number of aliphatic imine (C=N–C) groups is 1. The second-order valence-electron chi connectivity index (χ2n) is 3.27. The molecule has 1 rings (SSSR count). The van der Waals surface area contributed by atoms with Gasteiger partial charge in [-0.3, -0.25) is 4.99 Å². The minimum Gasteiger partial charge on any atom is -0.411 e. The first-order chi connectivity index (χ1) is 7.72. The van der Waals surface area contributed by atoms with Gasteiger partial charge in [0, 0.05) is 19.2 Å². The summed E-state index contributed by atoms with van der Waals surface area (Å²) >= 11 is 5.73. The molecule has 0 aliphatic carbocycles. The van der Waals surface area contributed by atoms with Crippen LogP contribution >= 0.6 is 11.6 Å². The number of oxime groups is 1. The Kier molecular flexibility index (Phi) is 4.92. The maximum atomic E-state index is 8.56. The summed E-state index contributed by atoms with van der Waals surface area (Å²) in [7, 11) is 1.67. The zero-order valence-corrected chi connectivity index (χ0v) is 10.0. The lowest BCUT2D eigenvalue weighted by molar-refractivity contribution is 0.322. The van der Waals surface area contributed by atoms with Crippen LogP contribution in [-0.4, -0.2) is 29.2 Å². The summed E-state index contributed by atoms with van der Waals surface area (Å²) in [5, 5.41) is 12.0. The second kappa shape index (κ2) is 6.23. The van der Waals surface area contributed by atoms with E-state index in [-0.39, 0.29) is 5.92 Å². The molecule has 1 unspecified atom stereocenters. The van der Waals surface area contributed by atoms with E-state index in [4.69, 9.17) is 16.8 Å². The highest BCUT2D eigenvalue weighted by Crippen LogP contribution is 2.21. The van der Waals surface area contributed by atoms with Gasteiger partial charge in [-0.25, -0.2) is 4.98 Å². The van der Waals surface area contributed by atoms with Gasteiger partial charge >= 0.3 is 0 Å². The lowest BCUT2D eigenvalue weighted by Gasteiger charge is -2.14. The van der Waals surface area contributed by atoms with Crippen molar-refractivity contribution in [2.75, 3.05) is 7.05 Å². The van der Waals surface area contributed by atoms with Gasteiger partial charge in [0.2, 0.25) is 0 Å². The summed E-state index contributed by atoms with van der Waals surface area (Å²) in [6.07, 6.45) is 3.91. The highest BCUT2D eigenvalue weighted by molar-refractivity contribution is 6.33. The van der Waals surface area contributed by atoms with Gasteiger partial charge < -0.3 is 5.21 Å². The van der Waals surface area contributed by atoms with E-state index in [1.807, 2.05) is 13.0 Å². The molecule has 0 aromatic carbocycles. The molecule has 86 valence electrons. The van der Waals surface area contributed by atoms with Crippen LogP contribution in [-0.2, 0) is 0 Å². The summed E-state index contributed by atoms with van der Waals surface area (Å²) in [4.78, 5) is 8.12. The molecule has 0 bridgehead atoms. The minimum absolute atomic E-state index is 0.0747. The smallest absolute Gasteiger partial charge is 0.129 e.